The van der Waals surface area contributed by atoms with E-state index < -0.39 is 40.4 Å². The molecule has 2 aliphatic carbocycles. The van der Waals surface area contributed by atoms with E-state index in [4.69, 9.17) is 18.9 Å². The molecule has 0 bridgehead atoms. The highest BCUT2D eigenvalue weighted by Gasteiger charge is 2.66. The van der Waals surface area contributed by atoms with Crippen LogP contribution in [-0.4, -0.2) is 65.1 Å². The van der Waals surface area contributed by atoms with Crippen LogP contribution in [0.3, 0.4) is 0 Å². The molecule has 2 fully saturated rings. The molecule has 0 aromatic carbocycles. The van der Waals surface area contributed by atoms with Crippen LogP contribution in [0.25, 0.3) is 0 Å². The van der Waals surface area contributed by atoms with Gasteiger partial charge in [-0.3, -0.25) is 0 Å². The topological polar surface area (TPSA) is 112 Å². The SMILES string of the molecule is C=CCC1(O)C[C@@]2(C)C(=CC1(O)C=C)[C@H](OC(=O)/C=C/C(=O)OCC)CCC21OCCO1. The molecule has 2 N–H and O–H groups in total. The Morgan fingerprint density at radius 2 is 1.88 bits per heavy atom. The van der Waals surface area contributed by atoms with E-state index in [9.17, 15) is 19.8 Å². The molecule has 8 heteroatoms. The molecule has 2 unspecified atom stereocenters. The molecular formula is C24H32O8. The summed E-state index contributed by atoms with van der Waals surface area (Å²) in [5, 5.41) is 22.8. The van der Waals surface area contributed by atoms with Crippen molar-refractivity contribution in [1.82, 2.24) is 0 Å². The third-order valence-electron chi connectivity index (χ3n) is 6.77. The number of rotatable bonds is 7. The van der Waals surface area contributed by atoms with Crippen LogP contribution in [0.1, 0.15) is 39.5 Å². The Morgan fingerprint density at radius 1 is 1.22 bits per heavy atom. The average molecular weight is 449 g/mol. The summed E-state index contributed by atoms with van der Waals surface area (Å²) in [6.45, 7) is 12.0. The molecule has 8 nitrogen and oxygen atoms in total. The number of esters is 2. The first kappa shape index (κ1) is 24.4. The Labute approximate surface area is 188 Å². The summed E-state index contributed by atoms with van der Waals surface area (Å²) in [6.07, 6.45) is 6.63. The maximum absolute atomic E-state index is 12.4. The van der Waals surface area contributed by atoms with E-state index in [0.717, 1.165) is 12.2 Å². The molecule has 0 aromatic rings. The van der Waals surface area contributed by atoms with Gasteiger partial charge in [0.25, 0.3) is 0 Å². The van der Waals surface area contributed by atoms with Crippen molar-refractivity contribution in [3.8, 4) is 0 Å². The highest BCUT2D eigenvalue weighted by molar-refractivity contribution is 5.91. The van der Waals surface area contributed by atoms with Gasteiger partial charge in [0.1, 0.15) is 17.3 Å². The second-order valence-electron chi connectivity index (χ2n) is 8.66. The third kappa shape index (κ3) is 3.96. The highest BCUT2D eigenvalue weighted by atomic mass is 16.7. The van der Waals surface area contributed by atoms with Gasteiger partial charge in [0.2, 0.25) is 0 Å². The zero-order chi connectivity index (χ0) is 23.6. The Morgan fingerprint density at radius 3 is 2.47 bits per heavy atom. The second kappa shape index (κ2) is 8.94. The van der Waals surface area contributed by atoms with Crippen LogP contribution in [0, 0.1) is 5.41 Å². The van der Waals surface area contributed by atoms with Gasteiger partial charge in [-0.15, -0.1) is 6.58 Å². The number of carbonyl (C=O) groups is 2. The predicted octanol–water partition coefficient (Wildman–Crippen LogP) is 2.12. The van der Waals surface area contributed by atoms with Crippen molar-refractivity contribution in [2.24, 2.45) is 5.41 Å². The van der Waals surface area contributed by atoms with Crippen molar-refractivity contribution in [3.05, 3.63) is 49.1 Å². The molecule has 1 saturated heterocycles. The smallest absolute Gasteiger partial charge is 0.331 e. The van der Waals surface area contributed by atoms with Gasteiger partial charge in [-0.05, 0) is 37.8 Å². The number of hydrogen-bond acceptors (Lipinski definition) is 8. The van der Waals surface area contributed by atoms with E-state index in [2.05, 4.69) is 13.2 Å². The fourth-order valence-corrected chi connectivity index (χ4v) is 5.18. The largest absolute Gasteiger partial charge is 0.463 e. The number of aliphatic hydroxyl groups is 2. The van der Waals surface area contributed by atoms with E-state index in [0.29, 0.717) is 31.6 Å². The maximum Gasteiger partial charge on any atom is 0.331 e. The summed E-state index contributed by atoms with van der Waals surface area (Å²) in [6, 6.07) is 0. The minimum Gasteiger partial charge on any atom is -0.463 e. The van der Waals surface area contributed by atoms with E-state index >= 15 is 0 Å². The van der Waals surface area contributed by atoms with Gasteiger partial charge in [-0.25, -0.2) is 9.59 Å². The zero-order valence-electron chi connectivity index (χ0n) is 18.7. The Hall–Kier alpha value is -2.26. The van der Waals surface area contributed by atoms with Gasteiger partial charge in [-0.1, -0.05) is 25.7 Å². The fourth-order valence-electron chi connectivity index (χ4n) is 5.18. The first-order valence-corrected chi connectivity index (χ1v) is 10.8. The first-order valence-electron chi connectivity index (χ1n) is 10.8. The van der Waals surface area contributed by atoms with E-state index in [1.807, 2.05) is 6.92 Å². The van der Waals surface area contributed by atoms with Crippen LogP contribution in [0.2, 0.25) is 0 Å². The first-order chi connectivity index (χ1) is 15.1. The Kier molecular flexibility index (Phi) is 6.81. The van der Waals surface area contributed by atoms with Crippen LogP contribution in [0.4, 0.5) is 0 Å². The van der Waals surface area contributed by atoms with Crippen LogP contribution in [-0.2, 0) is 28.5 Å². The summed E-state index contributed by atoms with van der Waals surface area (Å²) in [4.78, 5) is 23.9. The van der Waals surface area contributed by atoms with Crippen LogP contribution < -0.4 is 0 Å². The molecule has 1 spiro atoms. The quantitative estimate of drug-likeness (QED) is 0.346. The Balaban J connectivity index is 1.99. The molecule has 0 aromatic heterocycles. The van der Waals surface area contributed by atoms with Crippen LogP contribution in [0.15, 0.2) is 49.1 Å². The second-order valence-corrected chi connectivity index (χ2v) is 8.66. The van der Waals surface area contributed by atoms with Gasteiger partial charge in [-0.2, -0.15) is 0 Å². The molecule has 32 heavy (non-hydrogen) atoms. The molecule has 1 aliphatic heterocycles. The van der Waals surface area contributed by atoms with Crippen molar-refractivity contribution in [1.29, 1.82) is 0 Å². The summed E-state index contributed by atoms with van der Waals surface area (Å²) in [5.74, 6) is -2.37. The standard InChI is InChI=1S/C24H32O8/c1-5-11-23(28)16-21(4)17(15-22(23,27)6-2)18(10-12-24(21)30-13-14-31-24)32-20(26)9-8-19(25)29-7-3/h5-6,8-9,15,18,27-28H,1-2,7,10-14,16H2,3-4H3/b9-8+/t18-,21+,22?,23?/m1/s1. The number of fused-ring (bicyclic) bond motifs is 2. The van der Waals surface area contributed by atoms with Crippen molar-refractivity contribution in [2.75, 3.05) is 19.8 Å². The van der Waals surface area contributed by atoms with Gasteiger partial charge in [0.15, 0.2) is 5.79 Å². The van der Waals surface area contributed by atoms with Crippen molar-refractivity contribution >= 4 is 11.9 Å². The van der Waals surface area contributed by atoms with Gasteiger partial charge >= 0.3 is 11.9 Å². The normalized spacial score (nSPS) is 35.8. The molecule has 0 amide bonds. The van der Waals surface area contributed by atoms with Crippen molar-refractivity contribution < 1.29 is 38.7 Å². The minimum atomic E-state index is -1.78. The fraction of sp³-hybridized carbons (Fsp3) is 0.583. The summed E-state index contributed by atoms with van der Waals surface area (Å²) < 4.78 is 22.6. The molecule has 1 heterocycles. The van der Waals surface area contributed by atoms with E-state index in [-0.39, 0.29) is 19.4 Å². The molecular weight excluding hydrogens is 416 g/mol. The number of hydrogen-bond donors (Lipinski definition) is 2. The summed E-state index contributed by atoms with van der Waals surface area (Å²) in [7, 11) is 0. The molecule has 1 saturated carbocycles. The van der Waals surface area contributed by atoms with Crippen LogP contribution in [0.5, 0.6) is 0 Å². The van der Waals surface area contributed by atoms with Gasteiger partial charge in [0.05, 0.1) is 19.8 Å². The van der Waals surface area contributed by atoms with Gasteiger partial charge < -0.3 is 29.2 Å². The molecule has 3 rings (SSSR count). The summed E-state index contributed by atoms with van der Waals surface area (Å²) >= 11 is 0. The predicted molar refractivity (Wildman–Crippen MR) is 115 cm³/mol. The van der Waals surface area contributed by atoms with Gasteiger partial charge in [0, 0.05) is 24.0 Å². The molecule has 4 atom stereocenters. The average Bonchev–Trinajstić information content (AvgIpc) is 3.22. The number of carbonyl (C=O) groups excluding carboxylic acids is 2. The zero-order valence-corrected chi connectivity index (χ0v) is 18.7. The lowest BCUT2D eigenvalue weighted by Crippen LogP contribution is -2.65. The van der Waals surface area contributed by atoms with E-state index in [1.54, 1.807) is 13.0 Å². The monoisotopic (exact) mass is 448 g/mol. The lowest BCUT2D eigenvalue weighted by molar-refractivity contribution is -0.267. The van der Waals surface area contributed by atoms with E-state index in [1.165, 1.54) is 12.2 Å². The molecule has 0 radical (unpaired) electrons. The number of ether oxygens (including phenoxy) is 4. The van der Waals surface area contributed by atoms with Crippen molar-refractivity contribution in [2.45, 2.75) is 62.6 Å². The van der Waals surface area contributed by atoms with Crippen LogP contribution >= 0.6 is 0 Å². The lowest BCUT2D eigenvalue weighted by Gasteiger charge is -2.59. The highest BCUT2D eigenvalue weighted by Crippen LogP contribution is 2.61. The molecule has 176 valence electrons. The lowest BCUT2D eigenvalue weighted by atomic mass is 9.54. The third-order valence-corrected chi connectivity index (χ3v) is 6.77. The Bertz CT molecular complexity index is 839. The summed E-state index contributed by atoms with van der Waals surface area (Å²) in [5.41, 5.74) is -3.70. The minimum absolute atomic E-state index is 0.0765. The van der Waals surface area contributed by atoms with Crippen molar-refractivity contribution in [3.63, 3.8) is 0 Å². The maximum atomic E-state index is 12.4. The molecule has 3 aliphatic rings.